The zero-order valence-electron chi connectivity index (χ0n) is 12.2. The average Bonchev–Trinajstić information content (AvgIpc) is 2.48. The third kappa shape index (κ3) is 3.02. The monoisotopic (exact) mass is 288 g/mol. The molecule has 2 aromatic rings. The molecule has 1 aromatic heterocycles. The lowest BCUT2D eigenvalue weighted by Gasteiger charge is -2.25. The highest BCUT2D eigenvalue weighted by molar-refractivity contribution is 5.94. The van der Waals surface area contributed by atoms with Crippen LogP contribution >= 0.6 is 0 Å². The zero-order chi connectivity index (χ0) is 15.6. The molecule has 1 atom stereocenters. The van der Waals surface area contributed by atoms with Crippen molar-refractivity contribution >= 4 is 5.91 Å². The van der Waals surface area contributed by atoms with Gasteiger partial charge in [-0.2, -0.15) is 0 Å². The summed E-state index contributed by atoms with van der Waals surface area (Å²) < 4.78 is 15.2. The summed E-state index contributed by atoms with van der Waals surface area (Å²) in [7, 11) is 3.21. The predicted molar refractivity (Wildman–Crippen MR) is 78.6 cm³/mol. The van der Waals surface area contributed by atoms with E-state index in [1.54, 1.807) is 45.3 Å². The lowest BCUT2D eigenvalue weighted by atomic mass is 10.1. The van der Waals surface area contributed by atoms with Gasteiger partial charge in [0.05, 0.1) is 6.04 Å². The van der Waals surface area contributed by atoms with Gasteiger partial charge in [0.1, 0.15) is 5.82 Å². The van der Waals surface area contributed by atoms with Gasteiger partial charge in [0.2, 0.25) is 0 Å². The molecule has 21 heavy (non-hydrogen) atoms. The van der Waals surface area contributed by atoms with E-state index in [1.165, 1.54) is 27.8 Å². The highest BCUT2D eigenvalue weighted by Gasteiger charge is 2.21. The number of rotatable bonds is 3. The predicted octanol–water partition coefficient (Wildman–Crippen LogP) is 2.36. The summed E-state index contributed by atoms with van der Waals surface area (Å²) in [5.41, 5.74) is 0.480. The van der Waals surface area contributed by atoms with E-state index in [9.17, 15) is 14.0 Å². The summed E-state index contributed by atoms with van der Waals surface area (Å²) in [4.78, 5) is 25.4. The van der Waals surface area contributed by atoms with Crippen molar-refractivity contribution in [3.8, 4) is 0 Å². The summed E-state index contributed by atoms with van der Waals surface area (Å²) in [5, 5.41) is 0. The van der Waals surface area contributed by atoms with Gasteiger partial charge in [0, 0.05) is 37.5 Å². The Balaban J connectivity index is 2.28. The first kappa shape index (κ1) is 15.0. The van der Waals surface area contributed by atoms with Crippen LogP contribution in [0.3, 0.4) is 0 Å². The number of aromatic nitrogens is 1. The van der Waals surface area contributed by atoms with E-state index in [0.717, 1.165) is 0 Å². The Kier molecular flexibility index (Phi) is 4.21. The van der Waals surface area contributed by atoms with Gasteiger partial charge in [-0.3, -0.25) is 9.59 Å². The first-order valence-corrected chi connectivity index (χ1v) is 6.60. The molecule has 0 fully saturated rings. The lowest BCUT2D eigenvalue weighted by molar-refractivity contribution is 0.0740. The van der Waals surface area contributed by atoms with Crippen LogP contribution in [0.15, 0.2) is 47.4 Å². The van der Waals surface area contributed by atoms with Gasteiger partial charge in [-0.15, -0.1) is 0 Å². The van der Waals surface area contributed by atoms with Crippen LogP contribution in [0, 0.1) is 5.82 Å². The molecule has 2 rings (SSSR count). The second-order valence-corrected chi connectivity index (χ2v) is 4.98. The van der Waals surface area contributed by atoms with Gasteiger partial charge < -0.3 is 9.47 Å². The Morgan fingerprint density at radius 1 is 1.29 bits per heavy atom. The zero-order valence-corrected chi connectivity index (χ0v) is 12.2. The maximum absolute atomic E-state index is 13.8. The molecule has 1 aromatic carbocycles. The Labute approximate surface area is 122 Å². The van der Waals surface area contributed by atoms with Crippen LogP contribution in [0.2, 0.25) is 0 Å². The molecule has 0 saturated carbocycles. The number of hydrogen-bond donors (Lipinski definition) is 0. The second-order valence-electron chi connectivity index (χ2n) is 4.98. The van der Waals surface area contributed by atoms with E-state index in [0.29, 0.717) is 11.1 Å². The van der Waals surface area contributed by atoms with Crippen LogP contribution in [-0.2, 0) is 7.05 Å². The van der Waals surface area contributed by atoms with Crippen molar-refractivity contribution in [1.82, 2.24) is 9.47 Å². The largest absolute Gasteiger partial charge is 0.335 e. The lowest BCUT2D eigenvalue weighted by Crippen LogP contribution is -2.31. The van der Waals surface area contributed by atoms with Gasteiger partial charge >= 0.3 is 0 Å². The molecule has 4 nitrogen and oxygen atoms in total. The number of pyridine rings is 1. The fourth-order valence-corrected chi connectivity index (χ4v) is 2.08. The molecule has 0 saturated heterocycles. The summed E-state index contributed by atoms with van der Waals surface area (Å²) >= 11 is 0. The minimum atomic E-state index is -0.428. The van der Waals surface area contributed by atoms with Crippen LogP contribution in [0.25, 0.3) is 0 Å². The van der Waals surface area contributed by atoms with Crippen molar-refractivity contribution < 1.29 is 9.18 Å². The number of benzene rings is 1. The molecular weight excluding hydrogens is 271 g/mol. The number of carbonyl (C=O) groups excluding carboxylic acids is 1. The molecule has 1 unspecified atom stereocenters. The van der Waals surface area contributed by atoms with Crippen LogP contribution in [0.4, 0.5) is 4.39 Å². The summed E-state index contributed by atoms with van der Waals surface area (Å²) in [6.45, 7) is 1.75. The Morgan fingerprint density at radius 3 is 2.57 bits per heavy atom. The van der Waals surface area contributed by atoms with E-state index < -0.39 is 6.04 Å². The average molecular weight is 288 g/mol. The Morgan fingerprint density at radius 2 is 1.95 bits per heavy atom. The second kappa shape index (κ2) is 5.91. The molecule has 0 aliphatic rings. The SMILES string of the molecule is CC(c1ccccc1F)N(C)C(=O)c1ccn(C)c(=O)c1. The van der Waals surface area contributed by atoms with Gasteiger partial charge in [0.25, 0.3) is 11.5 Å². The van der Waals surface area contributed by atoms with Crippen molar-refractivity contribution in [2.24, 2.45) is 7.05 Å². The third-order valence-corrected chi connectivity index (χ3v) is 3.61. The molecular formula is C16H17FN2O2. The Hall–Kier alpha value is -2.43. The Bertz CT molecular complexity index is 724. The minimum Gasteiger partial charge on any atom is -0.335 e. The quantitative estimate of drug-likeness (QED) is 0.870. The molecule has 110 valence electrons. The molecule has 0 radical (unpaired) electrons. The van der Waals surface area contributed by atoms with Crippen molar-refractivity contribution in [3.63, 3.8) is 0 Å². The number of carbonyl (C=O) groups is 1. The minimum absolute atomic E-state index is 0.257. The topological polar surface area (TPSA) is 42.3 Å². The first-order chi connectivity index (χ1) is 9.91. The summed E-state index contributed by atoms with van der Waals surface area (Å²) in [5.74, 6) is -0.669. The highest BCUT2D eigenvalue weighted by Crippen LogP contribution is 2.22. The normalized spacial score (nSPS) is 12.0. The third-order valence-electron chi connectivity index (χ3n) is 3.61. The van der Waals surface area contributed by atoms with Gasteiger partial charge in [-0.25, -0.2) is 4.39 Å². The van der Waals surface area contributed by atoms with Crippen molar-refractivity contribution in [2.45, 2.75) is 13.0 Å². The number of amides is 1. The highest BCUT2D eigenvalue weighted by atomic mass is 19.1. The maximum Gasteiger partial charge on any atom is 0.254 e. The molecule has 0 aliphatic carbocycles. The van der Waals surface area contributed by atoms with Crippen molar-refractivity contribution in [3.05, 3.63) is 69.9 Å². The van der Waals surface area contributed by atoms with E-state index in [-0.39, 0.29) is 17.3 Å². The van der Waals surface area contributed by atoms with Gasteiger partial charge in [0.15, 0.2) is 0 Å². The molecule has 0 N–H and O–H groups in total. The van der Waals surface area contributed by atoms with Crippen LogP contribution in [0.5, 0.6) is 0 Å². The first-order valence-electron chi connectivity index (χ1n) is 6.60. The summed E-state index contributed by atoms with van der Waals surface area (Å²) in [6, 6.07) is 8.78. The molecule has 0 aliphatic heterocycles. The fourth-order valence-electron chi connectivity index (χ4n) is 2.08. The maximum atomic E-state index is 13.8. The molecule has 1 heterocycles. The van der Waals surface area contributed by atoms with Gasteiger partial charge in [-0.1, -0.05) is 18.2 Å². The van der Waals surface area contributed by atoms with E-state index in [4.69, 9.17) is 0 Å². The standard InChI is InChI=1S/C16H17FN2O2/c1-11(13-6-4-5-7-14(13)17)19(3)16(21)12-8-9-18(2)15(20)10-12/h4-11H,1-3H3. The number of nitrogens with zero attached hydrogens (tertiary/aromatic N) is 2. The van der Waals surface area contributed by atoms with Crippen LogP contribution < -0.4 is 5.56 Å². The fraction of sp³-hybridized carbons (Fsp3) is 0.250. The number of aryl methyl sites for hydroxylation is 1. The van der Waals surface area contributed by atoms with Crippen LogP contribution in [-0.4, -0.2) is 22.4 Å². The van der Waals surface area contributed by atoms with E-state index >= 15 is 0 Å². The number of halogens is 1. The van der Waals surface area contributed by atoms with E-state index in [2.05, 4.69) is 0 Å². The summed E-state index contributed by atoms with van der Waals surface area (Å²) in [6.07, 6.45) is 1.54. The van der Waals surface area contributed by atoms with Gasteiger partial charge in [-0.05, 0) is 19.1 Å². The molecule has 0 spiro atoms. The molecule has 1 amide bonds. The smallest absolute Gasteiger partial charge is 0.254 e. The van der Waals surface area contributed by atoms with Crippen molar-refractivity contribution in [2.75, 3.05) is 7.05 Å². The molecule has 5 heteroatoms. The molecule has 0 bridgehead atoms. The van der Waals surface area contributed by atoms with Crippen molar-refractivity contribution in [1.29, 1.82) is 0 Å². The van der Waals surface area contributed by atoms with E-state index in [1.807, 2.05) is 0 Å². The number of hydrogen-bond acceptors (Lipinski definition) is 2. The van der Waals surface area contributed by atoms with Crippen LogP contribution in [0.1, 0.15) is 28.9 Å².